The van der Waals surface area contributed by atoms with Crippen LogP contribution in [0.15, 0.2) is 22.7 Å². The fraction of sp³-hybridized carbons (Fsp3) is 0.684. The Kier molecular flexibility index (Phi) is 3.98. The first kappa shape index (κ1) is 8.65. The van der Waals surface area contributed by atoms with Gasteiger partial charge < -0.3 is 14.6 Å². The van der Waals surface area contributed by atoms with Crippen molar-refractivity contribution in [3.05, 3.63) is 22.7 Å². The second kappa shape index (κ2) is 11.0. The molecule has 0 aromatic heterocycles. The first-order valence-electron chi connectivity index (χ1n) is 13.6. The standard InChI is InChI=1S/C19H30O5/c1-14-15(12-10-8-6-4-5-7-9-11-13-20)17(22)19(24-3)18(23-2)16(14)21/h20H,4-13H2,1-3H3/i1D3,3D3,9D2,11D2,13D2. The Morgan fingerprint density at radius 1 is 0.958 bits per heavy atom. The highest BCUT2D eigenvalue weighted by Crippen LogP contribution is 2.28. The zero-order valence-electron chi connectivity index (χ0n) is 25.5. The van der Waals surface area contributed by atoms with Crippen LogP contribution in [0, 0.1) is 0 Å². The van der Waals surface area contributed by atoms with Gasteiger partial charge in [-0.1, -0.05) is 38.5 Å². The molecule has 5 nitrogen and oxygen atoms in total. The number of carbonyl (C=O) groups excluding carboxylic acids is 2. The lowest BCUT2D eigenvalue weighted by Crippen LogP contribution is -2.25. The molecule has 0 aromatic carbocycles. The van der Waals surface area contributed by atoms with E-state index in [4.69, 9.17) is 21.2 Å². The van der Waals surface area contributed by atoms with Gasteiger partial charge in [-0.3, -0.25) is 9.59 Å². The van der Waals surface area contributed by atoms with E-state index in [9.17, 15) is 14.7 Å². The number of rotatable bonds is 12. The van der Waals surface area contributed by atoms with E-state index < -0.39 is 67.4 Å². The SMILES string of the molecule is [2H]C([2H])([2H])OC1=C(OC)C(=O)C(C([2H])([2H])[2H])=C(CCCCCCCC([2H])([2H])C([2H])([2H])C([2H])([2H])O)C1=O. The summed E-state index contributed by atoms with van der Waals surface area (Å²) in [5, 5.41) is 9.28. The van der Waals surface area contributed by atoms with Crippen LogP contribution in [0.2, 0.25) is 0 Å². The minimum atomic E-state index is -3.37. The lowest BCUT2D eigenvalue weighted by atomic mass is 9.89. The number of carbonyl (C=O) groups is 2. The van der Waals surface area contributed by atoms with E-state index in [1.54, 1.807) is 0 Å². The molecule has 0 fully saturated rings. The predicted molar refractivity (Wildman–Crippen MR) is 92.4 cm³/mol. The van der Waals surface area contributed by atoms with E-state index in [0.29, 0.717) is 19.3 Å². The molecule has 0 amide bonds. The van der Waals surface area contributed by atoms with Gasteiger partial charge in [-0.25, -0.2) is 0 Å². The highest BCUT2D eigenvalue weighted by atomic mass is 16.5. The number of allylic oxidation sites excluding steroid dienone is 2. The van der Waals surface area contributed by atoms with Gasteiger partial charge in [0.2, 0.25) is 23.1 Å². The van der Waals surface area contributed by atoms with Crippen molar-refractivity contribution in [3.8, 4) is 0 Å². The van der Waals surface area contributed by atoms with Gasteiger partial charge in [0, 0.05) is 27.3 Å². The second-order valence-corrected chi connectivity index (χ2v) is 5.16. The predicted octanol–water partition coefficient (Wildman–Crippen LogP) is 3.46. The number of methoxy groups -OCH3 is 2. The van der Waals surface area contributed by atoms with Crippen molar-refractivity contribution in [3.63, 3.8) is 0 Å². The van der Waals surface area contributed by atoms with Gasteiger partial charge in [0.1, 0.15) is 0 Å². The Balaban J connectivity index is 2.86. The molecule has 0 bridgehead atoms. The second-order valence-electron chi connectivity index (χ2n) is 5.16. The molecule has 1 aliphatic rings. The van der Waals surface area contributed by atoms with Crippen molar-refractivity contribution in [2.75, 3.05) is 20.7 Å². The summed E-state index contributed by atoms with van der Waals surface area (Å²) in [5.74, 6) is -3.91. The molecule has 0 aromatic rings. The van der Waals surface area contributed by atoms with Crippen LogP contribution in [-0.4, -0.2) is 37.4 Å². The minimum Gasteiger partial charge on any atom is -0.489 e. The summed E-state index contributed by atoms with van der Waals surface area (Å²) >= 11 is 0. The smallest absolute Gasteiger partial charge is 0.228 e. The molecule has 5 heteroatoms. The van der Waals surface area contributed by atoms with Crippen molar-refractivity contribution in [2.45, 2.75) is 64.5 Å². The molecule has 1 aliphatic carbocycles. The summed E-state index contributed by atoms with van der Waals surface area (Å²) in [6, 6.07) is 0. The highest BCUT2D eigenvalue weighted by Gasteiger charge is 2.34. The molecule has 24 heavy (non-hydrogen) atoms. The zero-order chi connectivity index (χ0) is 28.3. The van der Waals surface area contributed by atoms with Gasteiger partial charge >= 0.3 is 0 Å². The molecule has 0 heterocycles. The number of Topliss-reactive ketones (excluding diaryl/α,β-unsaturated/α-hetero) is 2. The fourth-order valence-corrected chi connectivity index (χ4v) is 2.37. The van der Waals surface area contributed by atoms with Crippen molar-refractivity contribution >= 4 is 11.6 Å². The van der Waals surface area contributed by atoms with Gasteiger partial charge in [0.05, 0.1) is 21.0 Å². The zero-order valence-corrected chi connectivity index (χ0v) is 13.5. The Labute approximate surface area is 161 Å². The van der Waals surface area contributed by atoms with Gasteiger partial charge in [-0.05, 0) is 26.1 Å². The van der Waals surface area contributed by atoms with E-state index in [0.717, 1.165) is 7.11 Å². The van der Waals surface area contributed by atoms with E-state index in [2.05, 4.69) is 4.74 Å². The molecule has 0 saturated carbocycles. The largest absolute Gasteiger partial charge is 0.489 e. The number of aliphatic hydroxyl groups is 1. The molecular weight excluding hydrogens is 308 g/mol. The minimum absolute atomic E-state index is 0.166. The molecule has 136 valence electrons. The van der Waals surface area contributed by atoms with Crippen LogP contribution in [0.1, 0.15) is 81.0 Å². The molecule has 0 aliphatic heterocycles. The molecule has 0 spiro atoms. The van der Waals surface area contributed by atoms with E-state index in [1.807, 2.05) is 0 Å². The third-order valence-corrected chi connectivity index (χ3v) is 3.60. The Morgan fingerprint density at radius 3 is 2.25 bits per heavy atom. The van der Waals surface area contributed by atoms with Crippen LogP contribution in [-0.2, 0) is 19.1 Å². The third kappa shape index (κ3) is 5.48. The van der Waals surface area contributed by atoms with Gasteiger partial charge in [0.25, 0.3) is 0 Å². The molecule has 0 radical (unpaired) electrons. The summed E-state index contributed by atoms with van der Waals surface area (Å²) in [6.45, 7) is -6.34. The number of hydrogen-bond donors (Lipinski definition) is 1. The third-order valence-electron chi connectivity index (χ3n) is 3.60. The summed E-state index contributed by atoms with van der Waals surface area (Å²) in [5.41, 5.74) is -1.16. The first-order chi connectivity index (χ1) is 16.1. The van der Waals surface area contributed by atoms with Crippen LogP contribution in [0.5, 0.6) is 0 Å². The van der Waals surface area contributed by atoms with Crippen LogP contribution >= 0.6 is 0 Å². The Bertz CT molecular complexity index is 894. The normalized spacial score (nSPS) is 25.6. The maximum absolute atomic E-state index is 12.9. The van der Waals surface area contributed by atoms with Gasteiger partial charge in [-0.15, -0.1) is 0 Å². The van der Waals surface area contributed by atoms with Crippen LogP contribution < -0.4 is 0 Å². The molecular formula is C19H30O5. The van der Waals surface area contributed by atoms with Crippen LogP contribution in [0.4, 0.5) is 0 Å². The quantitative estimate of drug-likeness (QED) is 0.431. The van der Waals surface area contributed by atoms with Crippen molar-refractivity contribution < 1.29 is 40.6 Å². The number of hydrogen-bond acceptors (Lipinski definition) is 5. The maximum atomic E-state index is 12.9. The summed E-state index contributed by atoms with van der Waals surface area (Å²) < 4.78 is 99.0. The topological polar surface area (TPSA) is 72.8 Å². The summed E-state index contributed by atoms with van der Waals surface area (Å²) in [7, 11) is -2.11. The lowest BCUT2D eigenvalue weighted by molar-refractivity contribution is -0.121. The van der Waals surface area contributed by atoms with Crippen LogP contribution in [0.25, 0.3) is 0 Å². The summed E-state index contributed by atoms with van der Waals surface area (Å²) in [4.78, 5) is 25.7. The average Bonchev–Trinajstić information content (AvgIpc) is 2.67. The Hall–Kier alpha value is -1.62. The number of ether oxygens (including phenoxy) is 2. The van der Waals surface area contributed by atoms with Crippen molar-refractivity contribution in [1.82, 2.24) is 0 Å². The molecule has 1 rings (SSSR count). The Morgan fingerprint density at radius 2 is 1.62 bits per heavy atom. The van der Waals surface area contributed by atoms with E-state index in [1.165, 1.54) is 0 Å². The van der Waals surface area contributed by atoms with E-state index >= 15 is 0 Å². The van der Waals surface area contributed by atoms with E-state index in [-0.39, 0.29) is 25.7 Å². The van der Waals surface area contributed by atoms with Gasteiger partial charge in [-0.2, -0.15) is 0 Å². The molecule has 1 N–H and O–H groups in total. The monoisotopic (exact) mass is 350 g/mol. The molecule has 0 atom stereocenters. The molecule has 0 unspecified atom stereocenters. The van der Waals surface area contributed by atoms with Crippen molar-refractivity contribution in [1.29, 1.82) is 0 Å². The number of ketones is 2. The number of unbranched alkanes of at least 4 members (excludes halogenated alkanes) is 4. The lowest BCUT2D eigenvalue weighted by Gasteiger charge is -2.20. The highest BCUT2D eigenvalue weighted by molar-refractivity contribution is 6.23. The van der Waals surface area contributed by atoms with Gasteiger partial charge in [0.15, 0.2) is 0 Å². The summed E-state index contributed by atoms with van der Waals surface area (Å²) in [6.07, 6.45) is -4.64. The van der Waals surface area contributed by atoms with Crippen LogP contribution in [0.3, 0.4) is 0 Å². The fourth-order valence-electron chi connectivity index (χ4n) is 2.37. The average molecular weight is 351 g/mol. The first-order valence-corrected chi connectivity index (χ1v) is 7.61. The molecule has 0 saturated heterocycles. The van der Waals surface area contributed by atoms with Crippen molar-refractivity contribution in [2.24, 2.45) is 0 Å². The maximum Gasteiger partial charge on any atom is 0.228 e.